The predicted octanol–water partition coefficient (Wildman–Crippen LogP) is 4.57. The summed E-state index contributed by atoms with van der Waals surface area (Å²) in [7, 11) is 0. The lowest BCUT2D eigenvalue weighted by atomic mass is 10.1. The van der Waals surface area contributed by atoms with E-state index in [0.29, 0.717) is 6.20 Å². The molecule has 42 heavy (non-hydrogen) atoms. The highest BCUT2D eigenvalue weighted by Gasteiger charge is 2.37. The molecule has 4 rings (SSSR count). The van der Waals surface area contributed by atoms with E-state index in [4.69, 9.17) is 17.3 Å². The summed E-state index contributed by atoms with van der Waals surface area (Å²) in [6.07, 6.45) is -2.22. The summed E-state index contributed by atoms with van der Waals surface area (Å²) in [6.45, 7) is -4.18. The van der Waals surface area contributed by atoms with Crippen LogP contribution < -0.4 is 22.2 Å². The molecule has 0 bridgehead atoms. The molecule has 10 nitrogen and oxygen atoms in total. The molecule has 3 heterocycles. The molecule has 3 aromatic heterocycles. The Labute approximate surface area is 235 Å². The lowest BCUT2D eigenvalue weighted by molar-refractivity contribution is -0.138. The third kappa shape index (κ3) is 6.62. The van der Waals surface area contributed by atoms with Crippen LogP contribution in [0.1, 0.15) is 18.4 Å². The highest BCUT2D eigenvalue weighted by molar-refractivity contribution is 6.32. The number of nitrogens with zero attached hydrogens (tertiary/aromatic N) is 4. The minimum absolute atomic E-state index is 0.00333. The van der Waals surface area contributed by atoms with Crippen LogP contribution in [-0.4, -0.2) is 44.0 Å². The second-order valence-electron chi connectivity index (χ2n) is 8.82. The van der Waals surface area contributed by atoms with Gasteiger partial charge in [0.1, 0.15) is 16.4 Å². The van der Waals surface area contributed by atoms with Gasteiger partial charge in [0.25, 0.3) is 11.1 Å². The number of hydrogen-bond donors (Lipinski definition) is 3. The van der Waals surface area contributed by atoms with Crippen molar-refractivity contribution in [3.63, 3.8) is 0 Å². The van der Waals surface area contributed by atoms with Gasteiger partial charge in [-0.2, -0.15) is 27.1 Å². The van der Waals surface area contributed by atoms with Crippen LogP contribution in [0.2, 0.25) is 5.02 Å². The van der Waals surface area contributed by atoms with Gasteiger partial charge in [-0.3, -0.25) is 9.59 Å². The van der Waals surface area contributed by atoms with Crippen LogP contribution in [0, 0.1) is 11.6 Å². The minimum Gasteiger partial charge on any atom is -0.382 e. The Morgan fingerprint density at radius 1 is 1.17 bits per heavy atom. The Hall–Kier alpha value is -4.25. The standard InChI is InChI=1S/C24H19ClF7N7O3/c25-13-7-34-20(37-19(13)33)12-6-10-3-5-39(22(41)15(10)18(27)17(12)26)4-1-2-11(9-42-23(28)29)36-14-8-35-38-21(40)16(14)24(30,31)32/h3,5-8,11,23H,1-2,4,9H2,(H2,33,34,37)(H2,36,38,40)/t11-/m1/s1. The Morgan fingerprint density at radius 2 is 1.90 bits per heavy atom. The molecule has 0 radical (unpaired) electrons. The first kappa shape index (κ1) is 30.7. The summed E-state index contributed by atoms with van der Waals surface area (Å²) in [6, 6.07) is 1.27. The number of aryl methyl sites for hydroxylation is 1. The Morgan fingerprint density at radius 3 is 2.57 bits per heavy atom. The van der Waals surface area contributed by atoms with Gasteiger partial charge in [-0.05, 0) is 30.4 Å². The number of nitrogens with two attached hydrogens (primary N) is 1. The van der Waals surface area contributed by atoms with Crippen LogP contribution in [0.15, 0.2) is 40.3 Å². The molecular weight excluding hydrogens is 603 g/mol. The summed E-state index contributed by atoms with van der Waals surface area (Å²) in [5.41, 5.74) is 0.371. The van der Waals surface area contributed by atoms with Gasteiger partial charge in [-0.15, -0.1) is 0 Å². The molecule has 0 fully saturated rings. The van der Waals surface area contributed by atoms with Gasteiger partial charge in [-0.25, -0.2) is 23.8 Å². The molecule has 4 aromatic rings. The van der Waals surface area contributed by atoms with Crippen LogP contribution in [-0.2, 0) is 17.5 Å². The zero-order valence-electron chi connectivity index (χ0n) is 21.0. The Balaban J connectivity index is 1.57. The molecule has 1 aromatic carbocycles. The number of nitrogens with one attached hydrogen (secondary N) is 2. The largest absolute Gasteiger partial charge is 0.423 e. The quantitative estimate of drug-likeness (QED) is 0.219. The van der Waals surface area contributed by atoms with E-state index in [1.165, 1.54) is 12.3 Å². The molecule has 0 saturated heterocycles. The van der Waals surface area contributed by atoms with E-state index < -0.39 is 64.8 Å². The number of nitrogen functional groups attached to an aromatic ring is 1. The molecule has 0 saturated carbocycles. The van der Waals surface area contributed by atoms with Crippen LogP contribution in [0.25, 0.3) is 22.2 Å². The number of halogens is 8. The maximum atomic E-state index is 15.1. The van der Waals surface area contributed by atoms with E-state index in [1.807, 2.05) is 0 Å². The van der Waals surface area contributed by atoms with E-state index in [2.05, 4.69) is 25.1 Å². The molecule has 0 amide bonds. The lowest BCUT2D eigenvalue weighted by Crippen LogP contribution is -2.32. The summed E-state index contributed by atoms with van der Waals surface area (Å²) in [5, 5.41) is 6.70. The number of aromatic amines is 1. The lowest BCUT2D eigenvalue weighted by Gasteiger charge is -2.22. The average Bonchev–Trinajstić information content (AvgIpc) is 2.91. The van der Waals surface area contributed by atoms with Crippen LogP contribution in [0.3, 0.4) is 0 Å². The van der Waals surface area contributed by atoms with Crippen molar-refractivity contribution < 1.29 is 35.5 Å². The summed E-state index contributed by atoms with van der Waals surface area (Å²) in [4.78, 5) is 32.4. The first-order valence-corrected chi connectivity index (χ1v) is 12.3. The molecule has 1 atom stereocenters. The zero-order chi connectivity index (χ0) is 30.8. The summed E-state index contributed by atoms with van der Waals surface area (Å²) >= 11 is 5.77. The number of aromatic nitrogens is 5. The van der Waals surface area contributed by atoms with Crippen molar-refractivity contribution in [1.29, 1.82) is 0 Å². The number of ether oxygens (including phenoxy) is 1. The Bertz CT molecular complexity index is 1730. The number of fused-ring (bicyclic) bond motifs is 1. The van der Waals surface area contributed by atoms with Gasteiger partial charge in [0, 0.05) is 18.8 Å². The highest BCUT2D eigenvalue weighted by Crippen LogP contribution is 2.32. The molecule has 4 N–H and O–H groups in total. The average molecular weight is 622 g/mol. The van der Waals surface area contributed by atoms with Gasteiger partial charge in [0.05, 0.1) is 35.6 Å². The van der Waals surface area contributed by atoms with Crippen LogP contribution in [0.5, 0.6) is 0 Å². The first-order chi connectivity index (χ1) is 19.8. The molecule has 18 heteroatoms. The topological polar surface area (TPSA) is 141 Å². The molecule has 0 aliphatic carbocycles. The number of anilines is 2. The summed E-state index contributed by atoms with van der Waals surface area (Å²) in [5.74, 6) is -3.34. The fourth-order valence-corrected chi connectivity index (χ4v) is 4.22. The zero-order valence-corrected chi connectivity index (χ0v) is 21.7. The number of hydrogen-bond acceptors (Lipinski definition) is 8. The highest BCUT2D eigenvalue weighted by atomic mass is 35.5. The first-order valence-electron chi connectivity index (χ1n) is 11.9. The molecule has 0 spiro atoms. The SMILES string of the molecule is Nc1nc(-c2cc3ccn(CCC[C@H](COC(F)F)Nc4cn[nH]c(=O)c4C(F)(F)F)c(=O)c3c(F)c2F)ncc1Cl. The van der Waals surface area contributed by atoms with E-state index in [9.17, 15) is 35.9 Å². The van der Waals surface area contributed by atoms with Crippen LogP contribution >= 0.6 is 11.6 Å². The van der Waals surface area contributed by atoms with Gasteiger partial charge in [0.15, 0.2) is 17.5 Å². The second-order valence-corrected chi connectivity index (χ2v) is 9.23. The van der Waals surface area contributed by atoms with Crippen molar-refractivity contribution in [2.75, 3.05) is 17.7 Å². The van der Waals surface area contributed by atoms with E-state index >= 15 is 4.39 Å². The van der Waals surface area contributed by atoms with E-state index in [-0.39, 0.29) is 47.0 Å². The molecule has 0 aliphatic heterocycles. The normalized spacial score (nSPS) is 12.7. The molecule has 224 valence electrons. The van der Waals surface area contributed by atoms with Gasteiger partial charge in [-0.1, -0.05) is 11.6 Å². The number of H-pyrrole nitrogens is 1. The molecule has 0 unspecified atom stereocenters. The smallest absolute Gasteiger partial charge is 0.382 e. The minimum atomic E-state index is -5.09. The van der Waals surface area contributed by atoms with Crippen molar-refractivity contribution in [3.05, 3.63) is 73.7 Å². The van der Waals surface area contributed by atoms with Crippen molar-refractivity contribution in [1.82, 2.24) is 24.7 Å². The monoisotopic (exact) mass is 621 g/mol. The maximum absolute atomic E-state index is 15.1. The third-order valence-electron chi connectivity index (χ3n) is 6.03. The van der Waals surface area contributed by atoms with Gasteiger partial charge < -0.3 is 20.4 Å². The van der Waals surface area contributed by atoms with Gasteiger partial charge in [0.2, 0.25) is 0 Å². The summed E-state index contributed by atoms with van der Waals surface area (Å²) < 4.78 is 101. The number of rotatable bonds is 10. The van der Waals surface area contributed by atoms with E-state index in [1.54, 1.807) is 5.10 Å². The number of alkyl halides is 5. The predicted molar refractivity (Wildman–Crippen MR) is 137 cm³/mol. The maximum Gasteiger partial charge on any atom is 0.423 e. The van der Waals surface area contributed by atoms with Crippen molar-refractivity contribution in [2.45, 2.75) is 38.2 Å². The van der Waals surface area contributed by atoms with Crippen molar-refractivity contribution >= 4 is 33.9 Å². The van der Waals surface area contributed by atoms with Crippen molar-refractivity contribution in [3.8, 4) is 11.4 Å². The van der Waals surface area contributed by atoms with Crippen LogP contribution in [0.4, 0.5) is 42.2 Å². The van der Waals surface area contributed by atoms with E-state index in [0.717, 1.165) is 16.8 Å². The third-order valence-corrected chi connectivity index (χ3v) is 6.32. The van der Waals surface area contributed by atoms with Gasteiger partial charge >= 0.3 is 12.8 Å². The Kier molecular flexibility index (Phi) is 9.00. The number of benzene rings is 1. The molecule has 0 aliphatic rings. The fraction of sp³-hybridized carbons (Fsp3) is 0.292. The fourth-order valence-electron chi connectivity index (χ4n) is 4.13. The van der Waals surface area contributed by atoms with Crippen molar-refractivity contribution in [2.24, 2.45) is 0 Å². The molecular formula is C24H19ClF7N7O3. The second kappa shape index (κ2) is 12.3. The number of pyridine rings is 1.